The smallest absolute Gasteiger partial charge is 0.267 e. The number of carbonyl (C=O) groups excluding carboxylic acids is 2. The van der Waals surface area contributed by atoms with E-state index in [4.69, 9.17) is 9.47 Å². The normalized spacial score (nSPS) is 14.9. The van der Waals surface area contributed by atoms with Crippen molar-refractivity contribution in [1.29, 1.82) is 0 Å². The van der Waals surface area contributed by atoms with E-state index in [1.807, 2.05) is 62.4 Å². The molecule has 0 spiro atoms. The quantitative estimate of drug-likeness (QED) is 0.575. The van der Waals surface area contributed by atoms with Gasteiger partial charge in [0.05, 0.1) is 5.69 Å². The molecule has 0 fully saturated rings. The molecule has 170 valence electrons. The van der Waals surface area contributed by atoms with E-state index in [1.54, 1.807) is 30.0 Å². The number of anilines is 2. The summed E-state index contributed by atoms with van der Waals surface area (Å²) >= 11 is 0. The van der Waals surface area contributed by atoms with Gasteiger partial charge < -0.3 is 19.7 Å². The molecule has 2 amide bonds. The second-order valence-electron chi connectivity index (χ2n) is 8.23. The number of carbonyl (C=O) groups is 2. The van der Waals surface area contributed by atoms with E-state index in [1.165, 1.54) is 0 Å². The Bertz CT molecular complexity index is 1140. The maximum Gasteiger partial charge on any atom is 0.267 e. The predicted octanol–water partition coefficient (Wildman–Crippen LogP) is 4.68. The fourth-order valence-electron chi connectivity index (χ4n) is 3.96. The average molecular weight is 445 g/mol. The zero-order valence-corrected chi connectivity index (χ0v) is 19.1. The van der Waals surface area contributed by atoms with Crippen molar-refractivity contribution in [3.05, 3.63) is 83.4 Å². The van der Waals surface area contributed by atoms with Crippen molar-refractivity contribution in [2.24, 2.45) is 0 Å². The summed E-state index contributed by atoms with van der Waals surface area (Å²) in [5.74, 6) is 0.975. The molecule has 1 aliphatic heterocycles. The van der Waals surface area contributed by atoms with Crippen LogP contribution in [0.15, 0.2) is 66.7 Å². The third-order valence-electron chi connectivity index (χ3n) is 5.67. The van der Waals surface area contributed by atoms with Crippen molar-refractivity contribution in [3.63, 3.8) is 0 Å². The second-order valence-corrected chi connectivity index (χ2v) is 8.23. The van der Waals surface area contributed by atoms with Crippen molar-refractivity contribution in [2.45, 2.75) is 33.3 Å². The molecule has 1 heterocycles. The van der Waals surface area contributed by atoms with Crippen LogP contribution < -0.4 is 19.7 Å². The van der Waals surface area contributed by atoms with Gasteiger partial charge in [-0.1, -0.05) is 48.5 Å². The van der Waals surface area contributed by atoms with E-state index in [9.17, 15) is 9.59 Å². The Morgan fingerprint density at radius 2 is 1.76 bits per heavy atom. The molecule has 1 atom stereocenters. The minimum absolute atomic E-state index is 0.0970. The van der Waals surface area contributed by atoms with E-state index in [-0.39, 0.29) is 18.4 Å². The van der Waals surface area contributed by atoms with Crippen LogP contribution in [0.3, 0.4) is 0 Å². The van der Waals surface area contributed by atoms with Crippen LogP contribution in [0, 0.1) is 13.8 Å². The number of nitrogens with one attached hydrogen (secondary N) is 1. The summed E-state index contributed by atoms with van der Waals surface area (Å²) in [5, 5.41) is 2.86. The minimum atomic E-state index is -0.556. The zero-order chi connectivity index (χ0) is 23.4. The Kier molecular flexibility index (Phi) is 6.63. The summed E-state index contributed by atoms with van der Waals surface area (Å²) in [6, 6.07) is 21.2. The van der Waals surface area contributed by atoms with Gasteiger partial charge in [-0.25, -0.2) is 0 Å². The van der Waals surface area contributed by atoms with Gasteiger partial charge in [0.2, 0.25) is 0 Å². The topological polar surface area (TPSA) is 67.9 Å². The molecule has 0 saturated heterocycles. The zero-order valence-electron chi connectivity index (χ0n) is 19.1. The summed E-state index contributed by atoms with van der Waals surface area (Å²) in [4.78, 5) is 27.1. The van der Waals surface area contributed by atoms with Gasteiger partial charge in [0.1, 0.15) is 11.5 Å². The number of rotatable bonds is 7. The first-order valence-corrected chi connectivity index (χ1v) is 11.1. The molecule has 6 nitrogen and oxygen atoms in total. The molecule has 0 aromatic heterocycles. The highest BCUT2D eigenvalue weighted by Gasteiger charge is 2.31. The number of ether oxygens (including phenoxy) is 2. The second kappa shape index (κ2) is 9.77. The number of hydrogen-bond donors (Lipinski definition) is 1. The molecule has 0 radical (unpaired) electrons. The third kappa shape index (κ3) is 5.17. The van der Waals surface area contributed by atoms with E-state index in [0.29, 0.717) is 23.7 Å². The average Bonchev–Trinajstić information content (AvgIpc) is 2.80. The monoisotopic (exact) mass is 444 g/mol. The molecule has 1 aliphatic rings. The maximum absolute atomic E-state index is 12.9. The molecular weight excluding hydrogens is 416 g/mol. The highest BCUT2D eigenvalue weighted by atomic mass is 16.5. The first-order chi connectivity index (χ1) is 15.9. The molecule has 0 aliphatic carbocycles. The Labute approximate surface area is 194 Å². The molecule has 1 unspecified atom stereocenters. The third-order valence-corrected chi connectivity index (χ3v) is 5.67. The number of hydrogen-bond acceptors (Lipinski definition) is 4. The van der Waals surface area contributed by atoms with E-state index in [0.717, 1.165) is 28.9 Å². The lowest BCUT2D eigenvalue weighted by Gasteiger charge is -2.33. The van der Waals surface area contributed by atoms with E-state index >= 15 is 0 Å². The number of benzene rings is 3. The molecule has 3 aromatic carbocycles. The summed E-state index contributed by atoms with van der Waals surface area (Å²) < 4.78 is 11.5. The van der Waals surface area contributed by atoms with Gasteiger partial charge in [0.15, 0.2) is 12.7 Å². The number of aryl methyl sites for hydroxylation is 2. The molecule has 0 saturated carbocycles. The van der Waals surface area contributed by atoms with Crippen LogP contribution >= 0.6 is 0 Å². The number of fused-ring (bicyclic) bond motifs is 1. The van der Waals surface area contributed by atoms with Gasteiger partial charge in [0, 0.05) is 12.2 Å². The number of nitrogens with zero attached hydrogens (tertiary/aromatic N) is 1. The largest absolute Gasteiger partial charge is 0.483 e. The molecule has 1 N–H and O–H groups in total. The van der Waals surface area contributed by atoms with Crippen molar-refractivity contribution < 1.29 is 19.1 Å². The standard InChI is InChI=1S/C27H28N2O4/c1-18-8-7-9-19(2)26(18)32-17-25(30)28-22-12-13-24-23(16-22)29(27(31)20(3)33-24)15-14-21-10-5-4-6-11-21/h4-13,16,20H,14-15,17H2,1-3H3,(H,28,30). The summed E-state index contributed by atoms with van der Waals surface area (Å²) in [5.41, 5.74) is 4.35. The summed E-state index contributed by atoms with van der Waals surface area (Å²) in [6.45, 7) is 6.07. The van der Waals surface area contributed by atoms with Crippen molar-refractivity contribution in [2.75, 3.05) is 23.4 Å². The van der Waals surface area contributed by atoms with E-state index < -0.39 is 6.10 Å². The van der Waals surface area contributed by atoms with Gasteiger partial charge in [-0.3, -0.25) is 9.59 Å². The summed E-state index contributed by atoms with van der Waals surface area (Å²) in [6.07, 6.45) is 0.165. The molecular formula is C27H28N2O4. The fourth-order valence-corrected chi connectivity index (χ4v) is 3.96. The predicted molar refractivity (Wildman–Crippen MR) is 129 cm³/mol. The van der Waals surface area contributed by atoms with Crippen LogP contribution in [-0.2, 0) is 16.0 Å². The maximum atomic E-state index is 12.9. The molecule has 4 rings (SSSR count). The van der Waals surface area contributed by atoms with Crippen LogP contribution in [0.5, 0.6) is 11.5 Å². The lowest BCUT2D eigenvalue weighted by atomic mass is 10.1. The molecule has 3 aromatic rings. The van der Waals surface area contributed by atoms with Crippen LogP contribution in [0.25, 0.3) is 0 Å². The Morgan fingerprint density at radius 3 is 2.48 bits per heavy atom. The Hall–Kier alpha value is -3.80. The molecule has 6 heteroatoms. The van der Waals surface area contributed by atoms with Crippen molar-refractivity contribution in [1.82, 2.24) is 0 Å². The molecule has 33 heavy (non-hydrogen) atoms. The summed E-state index contributed by atoms with van der Waals surface area (Å²) in [7, 11) is 0. The minimum Gasteiger partial charge on any atom is -0.483 e. The highest BCUT2D eigenvalue weighted by molar-refractivity contribution is 6.01. The Balaban J connectivity index is 1.47. The van der Waals surface area contributed by atoms with Crippen molar-refractivity contribution >= 4 is 23.2 Å². The number of amides is 2. The fraction of sp³-hybridized carbons (Fsp3) is 0.259. The van der Waals surface area contributed by atoms with Gasteiger partial charge >= 0.3 is 0 Å². The van der Waals surface area contributed by atoms with Crippen LogP contribution in [0.4, 0.5) is 11.4 Å². The van der Waals surface area contributed by atoms with Gasteiger partial charge in [-0.15, -0.1) is 0 Å². The first-order valence-electron chi connectivity index (χ1n) is 11.1. The SMILES string of the molecule is Cc1cccc(C)c1OCC(=O)Nc1ccc2c(c1)N(CCc1ccccc1)C(=O)C(C)O2. The van der Waals surface area contributed by atoms with Gasteiger partial charge in [0.25, 0.3) is 11.8 Å². The number of para-hydroxylation sites is 1. The van der Waals surface area contributed by atoms with Crippen LogP contribution in [-0.4, -0.2) is 31.1 Å². The van der Waals surface area contributed by atoms with E-state index in [2.05, 4.69) is 5.32 Å². The van der Waals surface area contributed by atoms with Crippen molar-refractivity contribution in [3.8, 4) is 11.5 Å². The highest BCUT2D eigenvalue weighted by Crippen LogP contribution is 2.36. The lowest BCUT2D eigenvalue weighted by molar-refractivity contribution is -0.125. The van der Waals surface area contributed by atoms with Gasteiger partial charge in [-0.05, 0) is 62.1 Å². The first kappa shape index (κ1) is 22.4. The Morgan fingerprint density at radius 1 is 1.03 bits per heavy atom. The molecule has 0 bridgehead atoms. The van der Waals surface area contributed by atoms with Crippen LogP contribution in [0.2, 0.25) is 0 Å². The van der Waals surface area contributed by atoms with Crippen LogP contribution in [0.1, 0.15) is 23.6 Å². The van der Waals surface area contributed by atoms with Gasteiger partial charge in [-0.2, -0.15) is 0 Å². The lowest BCUT2D eigenvalue weighted by Crippen LogP contribution is -2.45.